The average molecular weight is 224 g/mol. The van der Waals surface area contributed by atoms with E-state index in [1.807, 2.05) is 0 Å². The predicted molar refractivity (Wildman–Crippen MR) is 57.6 cm³/mol. The normalized spacial score (nSPS) is 19.6. The fourth-order valence-electron chi connectivity index (χ4n) is 2.04. The van der Waals surface area contributed by atoms with Crippen LogP contribution in [0.5, 0.6) is 0 Å². The summed E-state index contributed by atoms with van der Waals surface area (Å²) >= 11 is 0. The third-order valence-electron chi connectivity index (χ3n) is 3.31. The Balaban J connectivity index is 2.33. The first kappa shape index (κ1) is 11.1. The van der Waals surface area contributed by atoms with Crippen molar-refractivity contribution in [1.29, 1.82) is 0 Å². The minimum atomic E-state index is -0.933. The zero-order valence-electron chi connectivity index (χ0n) is 9.56. The van der Waals surface area contributed by atoms with E-state index < -0.39 is 5.97 Å². The van der Waals surface area contributed by atoms with Gasteiger partial charge in [-0.2, -0.15) is 5.10 Å². The Hall–Kier alpha value is -1.36. The lowest BCUT2D eigenvalue weighted by Crippen LogP contribution is -2.31. The van der Waals surface area contributed by atoms with Crippen LogP contribution in [0.2, 0.25) is 0 Å². The molecule has 0 amide bonds. The molecule has 5 nitrogen and oxygen atoms in total. The highest BCUT2D eigenvalue weighted by Crippen LogP contribution is 2.33. The first-order valence-electron chi connectivity index (χ1n) is 5.38. The lowest BCUT2D eigenvalue weighted by molar-refractivity contribution is 0.0549. The Morgan fingerprint density at radius 3 is 2.69 bits per heavy atom. The third-order valence-corrected chi connectivity index (χ3v) is 3.31. The van der Waals surface area contributed by atoms with E-state index in [4.69, 9.17) is 9.84 Å². The topological polar surface area (TPSA) is 64.4 Å². The van der Waals surface area contributed by atoms with Crippen molar-refractivity contribution in [2.75, 3.05) is 13.2 Å². The van der Waals surface area contributed by atoms with Crippen LogP contribution < -0.4 is 0 Å². The Morgan fingerprint density at radius 1 is 1.56 bits per heavy atom. The fourth-order valence-corrected chi connectivity index (χ4v) is 2.04. The van der Waals surface area contributed by atoms with Crippen LogP contribution in [0, 0.1) is 0 Å². The smallest absolute Gasteiger partial charge is 0.354 e. The maximum absolute atomic E-state index is 10.9. The second-order valence-electron chi connectivity index (χ2n) is 4.52. The Bertz CT molecular complexity index is 405. The minimum Gasteiger partial charge on any atom is -0.477 e. The molecule has 0 saturated carbocycles. The average Bonchev–Trinajstić information content (AvgIpc) is 2.62. The number of aromatic nitrogens is 2. The highest BCUT2D eigenvalue weighted by molar-refractivity contribution is 5.85. The molecule has 1 aromatic rings. The van der Waals surface area contributed by atoms with E-state index in [0.717, 1.165) is 31.7 Å². The molecule has 0 aliphatic carbocycles. The molecule has 0 unspecified atom stereocenters. The first-order chi connectivity index (χ1) is 7.53. The standard InChI is InChI=1S/C11H16N2O3/c1-11(3-5-16-6-4-11)9-7-8(10(14)15)13(2)12-9/h7H,3-6H2,1-2H3,(H,14,15). The third kappa shape index (κ3) is 1.82. The van der Waals surface area contributed by atoms with Gasteiger partial charge in [0.2, 0.25) is 0 Å². The van der Waals surface area contributed by atoms with Crippen LogP contribution in [0.4, 0.5) is 0 Å². The quantitative estimate of drug-likeness (QED) is 0.819. The van der Waals surface area contributed by atoms with Crippen LogP contribution in [0.3, 0.4) is 0 Å². The van der Waals surface area contributed by atoms with Gasteiger partial charge in [0, 0.05) is 25.7 Å². The SMILES string of the molecule is Cn1nc(C2(C)CCOCC2)cc1C(=O)O. The molecule has 1 fully saturated rings. The van der Waals surface area contributed by atoms with Crippen LogP contribution >= 0.6 is 0 Å². The van der Waals surface area contributed by atoms with Gasteiger partial charge >= 0.3 is 5.97 Å². The summed E-state index contributed by atoms with van der Waals surface area (Å²) in [7, 11) is 1.66. The second-order valence-corrected chi connectivity index (χ2v) is 4.52. The van der Waals surface area contributed by atoms with Crippen molar-refractivity contribution in [2.45, 2.75) is 25.2 Å². The number of ether oxygens (including phenoxy) is 1. The molecular weight excluding hydrogens is 208 g/mol. The highest BCUT2D eigenvalue weighted by atomic mass is 16.5. The molecule has 0 spiro atoms. The van der Waals surface area contributed by atoms with Crippen molar-refractivity contribution in [2.24, 2.45) is 7.05 Å². The molecular formula is C11H16N2O3. The number of carboxylic acids is 1. The Labute approximate surface area is 94.0 Å². The lowest BCUT2D eigenvalue weighted by Gasteiger charge is -2.31. The van der Waals surface area contributed by atoms with Crippen molar-refractivity contribution in [3.8, 4) is 0 Å². The summed E-state index contributed by atoms with van der Waals surface area (Å²) in [5.41, 5.74) is 1.04. The van der Waals surface area contributed by atoms with Crippen molar-refractivity contribution >= 4 is 5.97 Å². The molecule has 16 heavy (non-hydrogen) atoms. The lowest BCUT2D eigenvalue weighted by atomic mass is 9.79. The van der Waals surface area contributed by atoms with E-state index >= 15 is 0 Å². The maximum atomic E-state index is 10.9. The van der Waals surface area contributed by atoms with Gasteiger partial charge in [-0.15, -0.1) is 0 Å². The number of hydrogen-bond donors (Lipinski definition) is 1. The molecule has 0 atom stereocenters. The molecule has 2 rings (SSSR count). The summed E-state index contributed by atoms with van der Waals surface area (Å²) in [6.07, 6.45) is 1.78. The van der Waals surface area contributed by atoms with E-state index in [2.05, 4.69) is 12.0 Å². The van der Waals surface area contributed by atoms with E-state index in [1.165, 1.54) is 4.68 Å². The zero-order chi connectivity index (χ0) is 11.8. The minimum absolute atomic E-state index is 0.0519. The van der Waals surface area contributed by atoms with Gasteiger partial charge in [0.05, 0.1) is 5.69 Å². The summed E-state index contributed by atoms with van der Waals surface area (Å²) < 4.78 is 6.75. The highest BCUT2D eigenvalue weighted by Gasteiger charge is 2.32. The maximum Gasteiger partial charge on any atom is 0.354 e. The van der Waals surface area contributed by atoms with Gasteiger partial charge in [-0.3, -0.25) is 4.68 Å². The van der Waals surface area contributed by atoms with Crippen molar-refractivity contribution in [3.05, 3.63) is 17.5 Å². The molecule has 1 saturated heterocycles. The Morgan fingerprint density at radius 2 is 2.19 bits per heavy atom. The van der Waals surface area contributed by atoms with Crippen LogP contribution in [-0.4, -0.2) is 34.1 Å². The first-order valence-corrected chi connectivity index (χ1v) is 5.38. The van der Waals surface area contributed by atoms with Crippen molar-refractivity contribution in [3.63, 3.8) is 0 Å². The Kier molecular flexibility index (Phi) is 2.71. The monoisotopic (exact) mass is 224 g/mol. The van der Waals surface area contributed by atoms with Crippen LogP contribution in [0.15, 0.2) is 6.07 Å². The van der Waals surface area contributed by atoms with Gasteiger partial charge < -0.3 is 9.84 Å². The van der Waals surface area contributed by atoms with Gasteiger partial charge in [0.15, 0.2) is 0 Å². The molecule has 88 valence electrons. The zero-order valence-corrected chi connectivity index (χ0v) is 9.56. The molecule has 1 aromatic heterocycles. The number of aromatic carboxylic acids is 1. The molecule has 0 radical (unpaired) electrons. The van der Waals surface area contributed by atoms with E-state index in [-0.39, 0.29) is 11.1 Å². The van der Waals surface area contributed by atoms with E-state index in [0.29, 0.717) is 0 Å². The molecule has 0 aromatic carbocycles. The van der Waals surface area contributed by atoms with Crippen LogP contribution in [-0.2, 0) is 17.2 Å². The molecule has 2 heterocycles. The van der Waals surface area contributed by atoms with Crippen molar-refractivity contribution in [1.82, 2.24) is 9.78 Å². The number of aryl methyl sites for hydroxylation is 1. The summed E-state index contributed by atoms with van der Waals surface area (Å²) in [5.74, 6) is -0.933. The molecule has 0 bridgehead atoms. The molecule has 1 N–H and O–H groups in total. The molecule has 1 aliphatic heterocycles. The molecule has 5 heteroatoms. The van der Waals surface area contributed by atoms with Gasteiger partial charge in [-0.05, 0) is 18.9 Å². The predicted octanol–water partition coefficient (Wildman–Crippen LogP) is 1.19. The summed E-state index contributed by atoms with van der Waals surface area (Å²) in [6.45, 7) is 3.55. The van der Waals surface area contributed by atoms with Gasteiger partial charge in [0.25, 0.3) is 0 Å². The van der Waals surface area contributed by atoms with Gasteiger partial charge in [0.1, 0.15) is 5.69 Å². The van der Waals surface area contributed by atoms with Crippen LogP contribution in [0.1, 0.15) is 35.9 Å². The summed E-state index contributed by atoms with van der Waals surface area (Å²) in [4.78, 5) is 10.9. The van der Waals surface area contributed by atoms with E-state index in [9.17, 15) is 4.79 Å². The number of carboxylic acid groups (broad SMARTS) is 1. The molecule has 1 aliphatic rings. The van der Waals surface area contributed by atoms with E-state index in [1.54, 1.807) is 13.1 Å². The number of nitrogens with zero attached hydrogens (tertiary/aromatic N) is 2. The number of hydrogen-bond acceptors (Lipinski definition) is 3. The summed E-state index contributed by atoms with van der Waals surface area (Å²) in [5, 5.41) is 13.3. The second kappa shape index (κ2) is 3.90. The fraction of sp³-hybridized carbons (Fsp3) is 0.636. The van der Waals surface area contributed by atoms with Crippen LogP contribution in [0.25, 0.3) is 0 Å². The summed E-state index contributed by atoms with van der Waals surface area (Å²) in [6, 6.07) is 1.67. The van der Waals surface area contributed by atoms with Gasteiger partial charge in [-0.1, -0.05) is 6.92 Å². The van der Waals surface area contributed by atoms with Crippen molar-refractivity contribution < 1.29 is 14.6 Å². The number of rotatable bonds is 2. The van der Waals surface area contributed by atoms with Gasteiger partial charge in [-0.25, -0.2) is 4.79 Å². The number of carbonyl (C=O) groups is 1. The largest absolute Gasteiger partial charge is 0.477 e.